The van der Waals surface area contributed by atoms with Gasteiger partial charge in [0.2, 0.25) is 11.8 Å². The van der Waals surface area contributed by atoms with Gasteiger partial charge in [0.25, 0.3) is 0 Å². The maximum Gasteiger partial charge on any atom is 0.242 e. The minimum Gasteiger partial charge on any atom is -0.354 e. The van der Waals surface area contributed by atoms with Crippen molar-refractivity contribution in [2.45, 2.75) is 44.9 Å². The topological polar surface area (TPSA) is 49.4 Å². The molecule has 2 aromatic carbocycles. The third kappa shape index (κ3) is 8.40. The van der Waals surface area contributed by atoms with E-state index < -0.39 is 6.04 Å². The number of hydrogen-bond acceptors (Lipinski definition) is 3. The fraction of sp³-hybridized carbons (Fsp3) is 0.417. The van der Waals surface area contributed by atoms with Crippen molar-refractivity contribution in [3.8, 4) is 0 Å². The standard InChI is InChI=1S/C24H30Cl2N2O2S/c1-3-13-27-24(30)22(4-2)28(14-12-18-8-6-5-7-9-18)23(29)17-31-16-19-10-11-20(25)15-21(19)26/h5-11,15,22H,3-4,12-14,16-17H2,1-2H3,(H,27,30)/t22-/m1/s1. The molecule has 0 fully saturated rings. The third-order valence-electron chi connectivity index (χ3n) is 4.92. The van der Waals surface area contributed by atoms with Gasteiger partial charge in [-0.25, -0.2) is 0 Å². The second-order valence-electron chi connectivity index (χ2n) is 7.27. The van der Waals surface area contributed by atoms with Gasteiger partial charge in [0.1, 0.15) is 6.04 Å². The molecule has 31 heavy (non-hydrogen) atoms. The van der Waals surface area contributed by atoms with Gasteiger partial charge in [0.15, 0.2) is 0 Å². The summed E-state index contributed by atoms with van der Waals surface area (Å²) in [6.07, 6.45) is 2.14. The summed E-state index contributed by atoms with van der Waals surface area (Å²) in [5, 5.41) is 4.13. The Labute approximate surface area is 199 Å². The average molecular weight is 481 g/mol. The van der Waals surface area contributed by atoms with Crippen LogP contribution in [0.25, 0.3) is 0 Å². The van der Waals surface area contributed by atoms with Gasteiger partial charge in [0.05, 0.1) is 5.75 Å². The van der Waals surface area contributed by atoms with Crippen LogP contribution in [0.4, 0.5) is 0 Å². The molecule has 0 heterocycles. The molecule has 0 aliphatic heterocycles. The van der Waals surface area contributed by atoms with Gasteiger partial charge in [-0.15, -0.1) is 11.8 Å². The predicted octanol–water partition coefficient (Wildman–Crippen LogP) is 5.60. The second-order valence-corrected chi connectivity index (χ2v) is 9.10. The molecule has 0 spiro atoms. The zero-order valence-corrected chi connectivity index (χ0v) is 20.4. The Hall–Kier alpha value is -1.69. The van der Waals surface area contributed by atoms with Crippen molar-refractivity contribution in [3.63, 3.8) is 0 Å². The van der Waals surface area contributed by atoms with E-state index in [9.17, 15) is 9.59 Å². The molecular weight excluding hydrogens is 451 g/mol. The van der Waals surface area contributed by atoms with Crippen LogP contribution in [0.2, 0.25) is 10.0 Å². The van der Waals surface area contributed by atoms with Crippen LogP contribution in [0.15, 0.2) is 48.5 Å². The third-order valence-corrected chi connectivity index (χ3v) is 6.47. The second kappa shape index (κ2) is 13.7. The SMILES string of the molecule is CCCNC(=O)[C@@H](CC)N(CCc1ccccc1)C(=O)CSCc1ccc(Cl)cc1Cl. The van der Waals surface area contributed by atoms with Gasteiger partial charge in [0, 0.05) is 28.9 Å². The summed E-state index contributed by atoms with van der Waals surface area (Å²) in [7, 11) is 0. The summed E-state index contributed by atoms with van der Waals surface area (Å²) in [5.74, 6) is 0.763. The number of carbonyl (C=O) groups is 2. The zero-order valence-electron chi connectivity index (χ0n) is 18.1. The molecule has 2 amide bonds. The first-order valence-corrected chi connectivity index (χ1v) is 12.5. The molecule has 0 saturated carbocycles. The minimum atomic E-state index is -0.470. The van der Waals surface area contributed by atoms with Crippen molar-refractivity contribution < 1.29 is 9.59 Å². The van der Waals surface area contributed by atoms with E-state index in [1.54, 1.807) is 17.0 Å². The highest BCUT2D eigenvalue weighted by atomic mass is 35.5. The molecule has 2 rings (SSSR count). The van der Waals surface area contributed by atoms with Gasteiger partial charge in [-0.3, -0.25) is 9.59 Å². The van der Waals surface area contributed by atoms with E-state index in [0.29, 0.717) is 41.7 Å². The number of amides is 2. The van der Waals surface area contributed by atoms with E-state index in [0.717, 1.165) is 17.5 Å². The molecule has 2 aromatic rings. The van der Waals surface area contributed by atoms with E-state index >= 15 is 0 Å². The molecule has 0 radical (unpaired) electrons. The maximum absolute atomic E-state index is 13.1. The number of hydrogen-bond donors (Lipinski definition) is 1. The van der Waals surface area contributed by atoms with E-state index in [2.05, 4.69) is 5.32 Å². The number of nitrogens with zero attached hydrogens (tertiary/aromatic N) is 1. The molecule has 1 atom stereocenters. The zero-order chi connectivity index (χ0) is 22.6. The van der Waals surface area contributed by atoms with Crippen molar-refractivity contribution in [2.75, 3.05) is 18.8 Å². The van der Waals surface area contributed by atoms with Crippen LogP contribution in [-0.2, 0) is 21.8 Å². The first-order chi connectivity index (χ1) is 15.0. The Balaban J connectivity index is 2.05. The van der Waals surface area contributed by atoms with Crippen molar-refractivity contribution in [1.29, 1.82) is 0 Å². The summed E-state index contributed by atoms with van der Waals surface area (Å²) in [6, 6.07) is 14.9. The van der Waals surface area contributed by atoms with Crippen LogP contribution >= 0.6 is 35.0 Å². The molecule has 168 valence electrons. The Bertz CT molecular complexity index is 849. The van der Waals surface area contributed by atoms with Gasteiger partial charge in [-0.1, -0.05) is 73.4 Å². The lowest BCUT2D eigenvalue weighted by molar-refractivity contribution is -0.138. The number of rotatable bonds is 12. The van der Waals surface area contributed by atoms with Crippen molar-refractivity contribution >= 4 is 46.8 Å². The fourth-order valence-corrected chi connectivity index (χ4v) is 4.70. The van der Waals surface area contributed by atoms with Crippen LogP contribution in [-0.4, -0.2) is 41.6 Å². The maximum atomic E-state index is 13.1. The van der Waals surface area contributed by atoms with Crippen LogP contribution in [0.3, 0.4) is 0 Å². The smallest absolute Gasteiger partial charge is 0.242 e. The number of benzene rings is 2. The van der Waals surface area contributed by atoms with E-state index in [1.807, 2.05) is 50.2 Å². The Morgan fingerprint density at radius 2 is 1.84 bits per heavy atom. The molecule has 0 unspecified atom stereocenters. The molecule has 0 bridgehead atoms. The Kier molecular flexibility index (Phi) is 11.3. The largest absolute Gasteiger partial charge is 0.354 e. The summed E-state index contributed by atoms with van der Waals surface area (Å²) in [4.78, 5) is 27.6. The predicted molar refractivity (Wildman–Crippen MR) is 132 cm³/mol. The highest BCUT2D eigenvalue weighted by Gasteiger charge is 2.27. The van der Waals surface area contributed by atoms with E-state index in [1.165, 1.54) is 11.8 Å². The molecule has 1 N–H and O–H groups in total. The molecule has 7 heteroatoms. The van der Waals surface area contributed by atoms with Crippen LogP contribution < -0.4 is 5.32 Å². The van der Waals surface area contributed by atoms with Gasteiger partial charge < -0.3 is 10.2 Å². The van der Waals surface area contributed by atoms with Gasteiger partial charge in [-0.2, -0.15) is 0 Å². The average Bonchev–Trinajstić information content (AvgIpc) is 2.77. The molecule has 4 nitrogen and oxygen atoms in total. The monoisotopic (exact) mass is 480 g/mol. The summed E-state index contributed by atoms with van der Waals surface area (Å²) in [6.45, 7) is 5.07. The Morgan fingerprint density at radius 1 is 1.10 bits per heavy atom. The highest BCUT2D eigenvalue weighted by molar-refractivity contribution is 7.99. The molecule has 0 aliphatic rings. The van der Waals surface area contributed by atoms with E-state index in [-0.39, 0.29) is 17.6 Å². The summed E-state index contributed by atoms with van der Waals surface area (Å²) >= 11 is 13.7. The highest BCUT2D eigenvalue weighted by Crippen LogP contribution is 2.25. The first kappa shape index (κ1) is 25.6. The van der Waals surface area contributed by atoms with Crippen LogP contribution in [0.1, 0.15) is 37.8 Å². The Morgan fingerprint density at radius 3 is 2.48 bits per heavy atom. The van der Waals surface area contributed by atoms with Crippen molar-refractivity contribution in [1.82, 2.24) is 10.2 Å². The first-order valence-electron chi connectivity index (χ1n) is 10.6. The lowest BCUT2D eigenvalue weighted by atomic mass is 10.1. The number of carbonyl (C=O) groups excluding carboxylic acids is 2. The molecule has 0 aromatic heterocycles. The minimum absolute atomic E-state index is 0.0375. The number of thioether (sulfide) groups is 1. The lowest BCUT2D eigenvalue weighted by Crippen LogP contribution is -2.50. The number of halogens is 2. The quantitative estimate of drug-likeness (QED) is 0.429. The van der Waals surface area contributed by atoms with Crippen LogP contribution in [0, 0.1) is 0 Å². The van der Waals surface area contributed by atoms with Gasteiger partial charge in [-0.05, 0) is 42.5 Å². The molecule has 0 aliphatic carbocycles. The number of nitrogens with one attached hydrogen (secondary N) is 1. The summed E-state index contributed by atoms with van der Waals surface area (Å²) in [5.41, 5.74) is 2.08. The molecular formula is C24H30Cl2N2O2S. The molecule has 0 saturated heterocycles. The van der Waals surface area contributed by atoms with Crippen LogP contribution in [0.5, 0.6) is 0 Å². The summed E-state index contributed by atoms with van der Waals surface area (Å²) < 4.78 is 0. The van der Waals surface area contributed by atoms with Crippen molar-refractivity contribution in [3.05, 3.63) is 69.7 Å². The van der Waals surface area contributed by atoms with Crippen molar-refractivity contribution in [2.24, 2.45) is 0 Å². The fourth-order valence-electron chi connectivity index (χ4n) is 3.23. The normalized spacial score (nSPS) is 11.7. The van der Waals surface area contributed by atoms with Gasteiger partial charge >= 0.3 is 0 Å². The lowest BCUT2D eigenvalue weighted by Gasteiger charge is -2.30. The van der Waals surface area contributed by atoms with E-state index in [4.69, 9.17) is 23.2 Å².